The molecule has 0 unspecified atom stereocenters. The molecule has 5 rings (SSSR count). The Bertz CT molecular complexity index is 1390. The smallest absolute Gasteiger partial charge is 0.435 e. The van der Waals surface area contributed by atoms with Gasteiger partial charge in [0.2, 0.25) is 0 Å². The molecule has 3 aromatic carbocycles. The van der Waals surface area contributed by atoms with Gasteiger partial charge in [-0.3, -0.25) is 0 Å². The molecular weight excluding hydrogens is 499 g/mol. The molecule has 1 aliphatic carbocycles. The Balaban J connectivity index is 1.45. The van der Waals surface area contributed by atoms with Gasteiger partial charge in [-0.15, -0.1) is 0 Å². The molecule has 0 amide bonds. The van der Waals surface area contributed by atoms with Crippen LogP contribution >= 0.6 is 11.6 Å². The van der Waals surface area contributed by atoms with E-state index >= 15 is 0 Å². The maximum atomic E-state index is 14.1. The van der Waals surface area contributed by atoms with Crippen LogP contribution in [-0.2, 0) is 12.8 Å². The van der Waals surface area contributed by atoms with Crippen molar-refractivity contribution in [2.45, 2.75) is 38.0 Å². The number of hydrogen-bond donors (Lipinski definition) is 0. The molecule has 0 spiro atoms. The topological polar surface area (TPSA) is 27.1 Å². The van der Waals surface area contributed by atoms with Crippen LogP contribution in [0.1, 0.15) is 42.1 Å². The molecule has 4 aromatic rings. The molecule has 0 radical (unpaired) electrons. The highest BCUT2D eigenvalue weighted by atomic mass is 35.5. The van der Waals surface area contributed by atoms with E-state index in [-0.39, 0.29) is 23.8 Å². The van der Waals surface area contributed by atoms with Gasteiger partial charge in [-0.1, -0.05) is 42.3 Å². The quantitative estimate of drug-likeness (QED) is 0.240. The first-order chi connectivity index (χ1) is 17.2. The molecule has 186 valence electrons. The molecule has 0 aliphatic heterocycles. The SMILES string of the molecule is Fc1ccc(F)c(-c2ccc(OCc3cc(C(F)(F)F)nn3-c3c(Cl)cccc3C3CCC3)cc2)c1. The number of halogens is 6. The molecule has 0 bridgehead atoms. The first kappa shape index (κ1) is 24.3. The number of aromatic nitrogens is 2. The molecule has 36 heavy (non-hydrogen) atoms. The van der Waals surface area contributed by atoms with E-state index in [9.17, 15) is 22.0 Å². The van der Waals surface area contributed by atoms with Gasteiger partial charge >= 0.3 is 6.18 Å². The summed E-state index contributed by atoms with van der Waals surface area (Å²) < 4.78 is 75.3. The number of hydrogen-bond acceptors (Lipinski definition) is 2. The van der Waals surface area contributed by atoms with Gasteiger partial charge in [0, 0.05) is 5.56 Å². The largest absolute Gasteiger partial charge is 0.487 e. The summed E-state index contributed by atoms with van der Waals surface area (Å²) in [6.07, 6.45) is -1.72. The number of ether oxygens (including phenoxy) is 1. The normalized spacial score (nSPS) is 14.1. The van der Waals surface area contributed by atoms with Crippen molar-refractivity contribution in [2.75, 3.05) is 0 Å². The van der Waals surface area contributed by atoms with E-state index in [1.807, 2.05) is 6.07 Å². The zero-order valence-corrected chi connectivity index (χ0v) is 19.6. The molecule has 1 aliphatic rings. The summed E-state index contributed by atoms with van der Waals surface area (Å²) >= 11 is 6.46. The lowest BCUT2D eigenvalue weighted by Gasteiger charge is -2.28. The van der Waals surface area contributed by atoms with E-state index in [0.29, 0.717) is 22.0 Å². The Morgan fingerprint density at radius 1 is 0.972 bits per heavy atom. The van der Waals surface area contributed by atoms with Crippen molar-refractivity contribution in [3.8, 4) is 22.6 Å². The molecule has 0 saturated heterocycles. The molecule has 9 heteroatoms. The molecule has 0 N–H and O–H groups in total. The van der Waals surface area contributed by atoms with Crippen molar-refractivity contribution >= 4 is 11.6 Å². The fraction of sp³-hybridized carbons (Fsp3) is 0.222. The van der Waals surface area contributed by atoms with Gasteiger partial charge in [0.05, 0.1) is 16.4 Å². The Labute approximate surface area is 209 Å². The maximum Gasteiger partial charge on any atom is 0.435 e. The van der Waals surface area contributed by atoms with Crippen LogP contribution in [0.25, 0.3) is 16.8 Å². The minimum Gasteiger partial charge on any atom is -0.487 e. The minimum atomic E-state index is -4.64. The van der Waals surface area contributed by atoms with Gasteiger partial charge < -0.3 is 4.74 Å². The van der Waals surface area contributed by atoms with Gasteiger partial charge in [-0.05, 0) is 72.4 Å². The summed E-state index contributed by atoms with van der Waals surface area (Å²) in [4.78, 5) is 0. The standard InChI is InChI=1S/C27H20ClF5N2O/c28-23-6-2-5-21(16-3-1-4-16)26(23)35-19(14-25(34-35)27(31,32)33)15-36-20-10-7-17(8-11-20)22-13-18(29)9-12-24(22)30/h2,5-14,16H,1,3-4,15H2. The Kier molecular flexibility index (Phi) is 6.47. The van der Waals surface area contributed by atoms with Gasteiger partial charge in [0.15, 0.2) is 5.69 Å². The predicted octanol–water partition coefficient (Wildman–Crippen LogP) is 8.34. The van der Waals surface area contributed by atoms with Gasteiger partial charge in [0.1, 0.15) is 24.0 Å². The fourth-order valence-electron chi connectivity index (χ4n) is 4.27. The van der Waals surface area contributed by atoms with Crippen molar-refractivity contribution < 1.29 is 26.7 Å². The van der Waals surface area contributed by atoms with Crippen LogP contribution in [0.3, 0.4) is 0 Å². The molecule has 1 saturated carbocycles. The first-order valence-corrected chi connectivity index (χ1v) is 11.7. The summed E-state index contributed by atoms with van der Waals surface area (Å²) in [5, 5.41) is 4.15. The van der Waals surface area contributed by atoms with Crippen LogP contribution < -0.4 is 4.74 Å². The van der Waals surface area contributed by atoms with Crippen molar-refractivity contribution in [3.63, 3.8) is 0 Å². The Morgan fingerprint density at radius 2 is 1.72 bits per heavy atom. The van der Waals surface area contributed by atoms with Gasteiger partial charge in [-0.25, -0.2) is 13.5 Å². The molecule has 1 heterocycles. The van der Waals surface area contributed by atoms with Crippen LogP contribution in [0, 0.1) is 11.6 Å². The zero-order valence-electron chi connectivity index (χ0n) is 18.8. The third kappa shape index (κ3) is 4.82. The number of para-hydroxylation sites is 1. The average molecular weight is 519 g/mol. The number of nitrogens with zero attached hydrogens (tertiary/aromatic N) is 2. The number of benzene rings is 3. The highest BCUT2D eigenvalue weighted by Crippen LogP contribution is 2.42. The molecule has 1 fully saturated rings. The van der Waals surface area contributed by atoms with Crippen LogP contribution in [0.4, 0.5) is 22.0 Å². The third-order valence-corrected chi connectivity index (χ3v) is 6.63. The predicted molar refractivity (Wildman–Crippen MR) is 126 cm³/mol. The van der Waals surface area contributed by atoms with E-state index in [4.69, 9.17) is 16.3 Å². The van der Waals surface area contributed by atoms with E-state index < -0.39 is 23.5 Å². The molecular formula is C27H20ClF5N2O. The Hall–Kier alpha value is -3.39. The monoisotopic (exact) mass is 518 g/mol. The second kappa shape index (κ2) is 9.58. The first-order valence-electron chi connectivity index (χ1n) is 11.3. The lowest BCUT2D eigenvalue weighted by atomic mass is 9.79. The number of rotatable bonds is 6. The second-order valence-corrected chi connectivity index (χ2v) is 9.08. The van der Waals surface area contributed by atoms with E-state index in [0.717, 1.165) is 49.1 Å². The summed E-state index contributed by atoms with van der Waals surface area (Å²) in [5.41, 5.74) is 0.943. The van der Waals surface area contributed by atoms with Crippen molar-refractivity contribution in [1.29, 1.82) is 0 Å². The average Bonchev–Trinajstić information content (AvgIpc) is 3.23. The van der Waals surface area contributed by atoms with E-state index in [1.165, 1.54) is 4.68 Å². The van der Waals surface area contributed by atoms with Crippen molar-refractivity contribution in [1.82, 2.24) is 9.78 Å². The van der Waals surface area contributed by atoms with Crippen molar-refractivity contribution in [3.05, 3.63) is 100 Å². The highest BCUT2D eigenvalue weighted by molar-refractivity contribution is 6.32. The molecule has 3 nitrogen and oxygen atoms in total. The lowest BCUT2D eigenvalue weighted by Crippen LogP contribution is -2.15. The van der Waals surface area contributed by atoms with Crippen molar-refractivity contribution in [2.24, 2.45) is 0 Å². The third-order valence-electron chi connectivity index (χ3n) is 6.33. The molecule has 1 aromatic heterocycles. The summed E-state index contributed by atoms with van der Waals surface area (Å²) in [6.45, 7) is -0.216. The molecule has 0 atom stereocenters. The van der Waals surface area contributed by atoms with Crippen LogP contribution in [0.5, 0.6) is 5.75 Å². The maximum absolute atomic E-state index is 14.1. The number of alkyl halides is 3. The van der Waals surface area contributed by atoms with Crippen LogP contribution in [0.15, 0.2) is 66.7 Å². The fourth-order valence-corrected chi connectivity index (χ4v) is 4.53. The minimum absolute atomic E-state index is 0.0942. The van der Waals surface area contributed by atoms with Crippen LogP contribution in [-0.4, -0.2) is 9.78 Å². The zero-order chi connectivity index (χ0) is 25.4. The highest BCUT2D eigenvalue weighted by Gasteiger charge is 2.36. The lowest BCUT2D eigenvalue weighted by molar-refractivity contribution is -0.141. The summed E-state index contributed by atoms with van der Waals surface area (Å²) in [5.74, 6) is -0.589. The van der Waals surface area contributed by atoms with E-state index in [1.54, 1.807) is 36.4 Å². The Morgan fingerprint density at radius 3 is 2.39 bits per heavy atom. The van der Waals surface area contributed by atoms with Gasteiger partial charge in [0.25, 0.3) is 0 Å². The summed E-state index contributed by atoms with van der Waals surface area (Å²) in [6, 6.07) is 15.6. The second-order valence-electron chi connectivity index (χ2n) is 8.67. The summed E-state index contributed by atoms with van der Waals surface area (Å²) in [7, 11) is 0. The van der Waals surface area contributed by atoms with E-state index in [2.05, 4.69) is 5.10 Å². The van der Waals surface area contributed by atoms with Crippen LogP contribution in [0.2, 0.25) is 5.02 Å². The van der Waals surface area contributed by atoms with Gasteiger partial charge in [-0.2, -0.15) is 18.3 Å².